The number of fused-ring (bicyclic) bond motifs is 4. The molecule has 3 atom stereocenters. The van der Waals surface area contributed by atoms with Gasteiger partial charge >= 0.3 is 11.9 Å². The highest BCUT2D eigenvalue weighted by molar-refractivity contribution is 5.72. The molecule has 0 spiro atoms. The SMILES string of the molecule is COC(=O)COc1cccc([C@@H](CC(=O)OC)c2oc(CN3C[C@@H]4C[C@H](C3)c3cccc(=O)n3C4)cc(=O)c2O)c1. The zero-order valence-corrected chi connectivity index (χ0v) is 22.9. The van der Waals surface area contributed by atoms with Crippen LogP contribution in [0.5, 0.6) is 11.5 Å². The van der Waals surface area contributed by atoms with E-state index in [0.29, 0.717) is 36.7 Å². The van der Waals surface area contributed by atoms with Crippen molar-refractivity contribution in [3.05, 3.63) is 91.9 Å². The lowest BCUT2D eigenvalue weighted by atomic mass is 9.83. The molecule has 1 aromatic carbocycles. The van der Waals surface area contributed by atoms with E-state index in [1.165, 1.54) is 20.3 Å². The highest BCUT2D eigenvalue weighted by Crippen LogP contribution is 2.37. The van der Waals surface area contributed by atoms with Crippen molar-refractivity contribution in [2.75, 3.05) is 33.9 Å². The Hall–Kier alpha value is -4.38. The second-order valence-electron chi connectivity index (χ2n) is 10.5. The van der Waals surface area contributed by atoms with Crippen molar-refractivity contribution in [3.8, 4) is 11.5 Å². The largest absolute Gasteiger partial charge is 0.502 e. The molecule has 41 heavy (non-hydrogen) atoms. The van der Waals surface area contributed by atoms with E-state index in [4.69, 9.17) is 13.9 Å². The normalized spacial score (nSPS) is 18.7. The number of methoxy groups -OCH3 is 2. The smallest absolute Gasteiger partial charge is 0.343 e. The molecular weight excluding hydrogens is 532 g/mol. The van der Waals surface area contributed by atoms with E-state index in [2.05, 4.69) is 9.64 Å². The number of esters is 2. The van der Waals surface area contributed by atoms with Gasteiger partial charge in [0.1, 0.15) is 11.5 Å². The van der Waals surface area contributed by atoms with E-state index < -0.39 is 29.0 Å². The topological polar surface area (TPSA) is 138 Å². The van der Waals surface area contributed by atoms with Crippen molar-refractivity contribution in [1.29, 1.82) is 0 Å². The standard InChI is InChI=1S/C30H32N2O9/c1-38-27(35)12-23(19-5-3-6-21(10-19)40-17-28(36)39-2)30-29(37)25(33)11-22(41-30)16-31-13-18-9-20(15-31)24-7-4-8-26(34)32(24)14-18/h3-8,10-11,18,20,23,37H,9,12-17H2,1-2H3/t18-,20+,23+/m0/s1. The number of pyridine rings is 1. The molecule has 2 aliphatic heterocycles. The molecule has 0 unspecified atom stereocenters. The Morgan fingerprint density at radius 1 is 1.02 bits per heavy atom. The summed E-state index contributed by atoms with van der Waals surface area (Å²) in [6.45, 7) is 2.06. The first-order valence-electron chi connectivity index (χ1n) is 13.4. The molecule has 0 saturated carbocycles. The lowest BCUT2D eigenvalue weighted by Gasteiger charge is -2.42. The fraction of sp³-hybridized carbons (Fsp3) is 0.400. The molecule has 216 valence electrons. The number of rotatable bonds is 9. The fourth-order valence-corrected chi connectivity index (χ4v) is 5.85. The van der Waals surface area contributed by atoms with Crippen LogP contribution in [0.4, 0.5) is 0 Å². The third kappa shape index (κ3) is 6.19. The summed E-state index contributed by atoms with van der Waals surface area (Å²) in [4.78, 5) is 51.4. The summed E-state index contributed by atoms with van der Waals surface area (Å²) in [6, 6.07) is 13.2. The van der Waals surface area contributed by atoms with E-state index in [9.17, 15) is 24.3 Å². The molecular formula is C30H32N2O9. The van der Waals surface area contributed by atoms with Crippen LogP contribution in [0.15, 0.2) is 62.5 Å². The minimum atomic E-state index is -0.865. The van der Waals surface area contributed by atoms with Gasteiger partial charge in [0.25, 0.3) is 5.56 Å². The van der Waals surface area contributed by atoms with Gasteiger partial charge in [-0.05, 0) is 36.1 Å². The molecule has 0 radical (unpaired) electrons. The first kappa shape index (κ1) is 28.2. The lowest BCUT2D eigenvalue weighted by Crippen LogP contribution is -2.46. The Labute approximate surface area is 235 Å². The number of carbonyl (C=O) groups is 2. The number of likely N-dealkylation sites (tertiary alicyclic amines) is 1. The number of piperidine rings is 1. The predicted molar refractivity (Wildman–Crippen MR) is 146 cm³/mol. The van der Waals surface area contributed by atoms with Crippen LogP contribution in [0.3, 0.4) is 0 Å². The summed E-state index contributed by atoms with van der Waals surface area (Å²) in [7, 11) is 2.50. The molecule has 0 amide bonds. The average Bonchev–Trinajstić information content (AvgIpc) is 2.97. The van der Waals surface area contributed by atoms with Crippen LogP contribution in [-0.2, 0) is 32.2 Å². The van der Waals surface area contributed by atoms with E-state index in [1.54, 1.807) is 36.4 Å². The number of aromatic hydroxyl groups is 1. The number of ether oxygens (including phenoxy) is 3. The van der Waals surface area contributed by atoms with E-state index in [0.717, 1.165) is 18.7 Å². The Balaban J connectivity index is 1.43. The highest BCUT2D eigenvalue weighted by atomic mass is 16.6. The maximum atomic E-state index is 12.9. The molecule has 2 bridgehead atoms. The molecule has 0 aliphatic carbocycles. The predicted octanol–water partition coefficient (Wildman–Crippen LogP) is 2.37. The van der Waals surface area contributed by atoms with Gasteiger partial charge in [-0.3, -0.25) is 19.3 Å². The van der Waals surface area contributed by atoms with Crippen molar-refractivity contribution in [3.63, 3.8) is 0 Å². The Morgan fingerprint density at radius 2 is 1.80 bits per heavy atom. The number of carbonyl (C=O) groups excluding carboxylic acids is 2. The third-order valence-electron chi connectivity index (χ3n) is 7.69. The summed E-state index contributed by atoms with van der Waals surface area (Å²) in [5.41, 5.74) is 0.918. The van der Waals surface area contributed by atoms with Gasteiger partial charge in [0.05, 0.1) is 33.1 Å². The summed E-state index contributed by atoms with van der Waals surface area (Å²) in [5.74, 6) is -1.50. The molecule has 1 fully saturated rings. The number of aromatic nitrogens is 1. The monoisotopic (exact) mass is 564 g/mol. The van der Waals surface area contributed by atoms with Crippen LogP contribution in [0.2, 0.25) is 0 Å². The van der Waals surface area contributed by atoms with E-state index >= 15 is 0 Å². The molecule has 5 rings (SSSR count). The maximum absolute atomic E-state index is 12.9. The van der Waals surface area contributed by atoms with Crippen molar-refractivity contribution >= 4 is 11.9 Å². The summed E-state index contributed by atoms with van der Waals surface area (Å²) >= 11 is 0. The van der Waals surface area contributed by atoms with E-state index in [1.807, 2.05) is 10.6 Å². The van der Waals surface area contributed by atoms with Crippen LogP contribution < -0.4 is 15.7 Å². The zero-order chi connectivity index (χ0) is 29.1. The van der Waals surface area contributed by atoms with Crippen LogP contribution in [0, 0.1) is 5.92 Å². The lowest BCUT2D eigenvalue weighted by molar-refractivity contribution is -0.143. The molecule has 11 heteroatoms. The quantitative estimate of drug-likeness (QED) is 0.386. The van der Waals surface area contributed by atoms with Gasteiger partial charge in [-0.15, -0.1) is 0 Å². The molecule has 2 aliphatic rings. The molecule has 4 heterocycles. The first-order chi connectivity index (χ1) is 19.7. The second kappa shape index (κ2) is 12.0. The Morgan fingerprint density at radius 3 is 2.59 bits per heavy atom. The third-order valence-corrected chi connectivity index (χ3v) is 7.69. The first-order valence-corrected chi connectivity index (χ1v) is 13.4. The second-order valence-corrected chi connectivity index (χ2v) is 10.5. The van der Waals surface area contributed by atoms with Crippen molar-refractivity contribution in [2.24, 2.45) is 5.92 Å². The zero-order valence-electron chi connectivity index (χ0n) is 22.9. The van der Waals surface area contributed by atoms with Crippen molar-refractivity contribution in [2.45, 2.75) is 37.8 Å². The van der Waals surface area contributed by atoms with Gasteiger partial charge in [0.15, 0.2) is 12.4 Å². The molecule has 1 saturated heterocycles. The summed E-state index contributed by atoms with van der Waals surface area (Å²) < 4.78 is 23.0. The fourth-order valence-electron chi connectivity index (χ4n) is 5.85. The van der Waals surface area contributed by atoms with Gasteiger partial charge in [0, 0.05) is 43.4 Å². The highest BCUT2D eigenvalue weighted by Gasteiger charge is 2.35. The molecule has 3 aromatic rings. The van der Waals surface area contributed by atoms with E-state index in [-0.39, 0.29) is 36.2 Å². The minimum Gasteiger partial charge on any atom is -0.502 e. The van der Waals surface area contributed by atoms with Crippen LogP contribution in [0.1, 0.15) is 47.5 Å². The number of nitrogens with zero attached hydrogens (tertiary/aromatic N) is 2. The number of hydrogen-bond acceptors (Lipinski definition) is 10. The van der Waals surface area contributed by atoms with Crippen molar-refractivity contribution in [1.82, 2.24) is 9.47 Å². The minimum absolute atomic E-state index is 0.0104. The molecule has 1 N–H and O–H groups in total. The van der Waals surface area contributed by atoms with Crippen LogP contribution in [0.25, 0.3) is 0 Å². The van der Waals surface area contributed by atoms with Crippen LogP contribution in [-0.4, -0.2) is 60.4 Å². The molecule has 2 aromatic heterocycles. The molecule has 11 nitrogen and oxygen atoms in total. The number of hydrogen-bond donors (Lipinski definition) is 1. The van der Waals surface area contributed by atoms with Gasteiger partial charge in [-0.1, -0.05) is 18.2 Å². The van der Waals surface area contributed by atoms with Gasteiger partial charge < -0.3 is 28.3 Å². The van der Waals surface area contributed by atoms with Gasteiger partial charge in [-0.2, -0.15) is 0 Å². The van der Waals surface area contributed by atoms with Gasteiger partial charge in [0.2, 0.25) is 11.2 Å². The van der Waals surface area contributed by atoms with Crippen LogP contribution >= 0.6 is 0 Å². The summed E-state index contributed by atoms with van der Waals surface area (Å²) in [5, 5.41) is 10.8. The Kier molecular flexibility index (Phi) is 8.25. The summed E-state index contributed by atoms with van der Waals surface area (Å²) in [6.07, 6.45) is 0.774. The maximum Gasteiger partial charge on any atom is 0.343 e. The van der Waals surface area contributed by atoms with Crippen molar-refractivity contribution < 1.29 is 33.3 Å². The Bertz CT molecular complexity index is 1560. The number of benzene rings is 1. The van der Waals surface area contributed by atoms with Gasteiger partial charge in [-0.25, -0.2) is 4.79 Å². The average molecular weight is 565 g/mol.